The molecule has 5 heteroatoms. The summed E-state index contributed by atoms with van der Waals surface area (Å²) in [5, 5.41) is 0. The number of ketones is 3. The standard InChI is InChI=1S/C25H32O5/c1-4-5-12-30-23(29)22(28)19-9-8-18-17-7-6-15-13-16(26)10-11-24(15,2)21(17)20(27)14-25(18,19)3/h10-11,13,17-19,21H,4-9,12,14H2,1-3H3/t17-,18-,19+,21+,24-,25-/m0/s1. The molecule has 0 spiro atoms. The Morgan fingerprint density at radius 2 is 1.93 bits per heavy atom. The predicted octanol–water partition coefficient (Wildman–Crippen LogP) is 4.00. The van der Waals surface area contributed by atoms with E-state index in [-0.39, 0.29) is 35.9 Å². The van der Waals surface area contributed by atoms with Gasteiger partial charge in [0, 0.05) is 23.7 Å². The average molecular weight is 413 g/mol. The fraction of sp³-hybridized carbons (Fsp3) is 0.680. The number of ether oxygens (including phenoxy) is 1. The van der Waals surface area contributed by atoms with Crippen molar-refractivity contribution in [2.24, 2.45) is 34.5 Å². The molecule has 3 saturated carbocycles. The van der Waals surface area contributed by atoms with Crippen molar-refractivity contribution in [3.63, 3.8) is 0 Å². The van der Waals surface area contributed by atoms with Crippen LogP contribution in [0.3, 0.4) is 0 Å². The van der Waals surface area contributed by atoms with Gasteiger partial charge < -0.3 is 4.74 Å². The Morgan fingerprint density at radius 3 is 2.67 bits per heavy atom. The molecule has 0 aromatic heterocycles. The van der Waals surface area contributed by atoms with E-state index in [0.29, 0.717) is 12.8 Å². The highest BCUT2D eigenvalue weighted by atomic mass is 16.5. The molecule has 4 rings (SSSR count). The van der Waals surface area contributed by atoms with E-state index in [1.807, 2.05) is 19.9 Å². The van der Waals surface area contributed by atoms with Crippen LogP contribution >= 0.6 is 0 Å². The Bertz CT molecular complexity index is 852. The minimum atomic E-state index is -0.737. The van der Waals surface area contributed by atoms with E-state index in [9.17, 15) is 19.2 Å². The lowest BCUT2D eigenvalue weighted by Crippen LogP contribution is -2.55. The number of hydrogen-bond donors (Lipinski definition) is 0. The highest BCUT2D eigenvalue weighted by molar-refractivity contribution is 6.34. The first-order valence-corrected chi connectivity index (χ1v) is 11.4. The molecule has 0 radical (unpaired) electrons. The minimum absolute atomic E-state index is 0.00198. The van der Waals surface area contributed by atoms with Crippen LogP contribution in [0.2, 0.25) is 0 Å². The topological polar surface area (TPSA) is 77.5 Å². The second-order valence-electron chi connectivity index (χ2n) is 10.1. The zero-order chi connectivity index (χ0) is 21.7. The number of allylic oxidation sites excluding steroid dienone is 4. The number of carbonyl (C=O) groups is 4. The van der Waals surface area contributed by atoms with Crippen LogP contribution in [0, 0.1) is 34.5 Å². The molecule has 0 aromatic rings. The molecular weight excluding hydrogens is 380 g/mol. The van der Waals surface area contributed by atoms with Gasteiger partial charge in [0.2, 0.25) is 5.78 Å². The zero-order valence-electron chi connectivity index (χ0n) is 18.2. The minimum Gasteiger partial charge on any atom is -0.460 e. The summed E-state index contributed by atoms with van der Waals surface area (Å²) in [6, 6.07) is 0. The Labute approximate surface area is 178 Å². The molecule has 4 aliphatic carbocycles. The number of unbranched alkanes of at least 4 members (excludes halogenated alkanes) is 1. The summed E-state index contributed by atoms with van der Waals surface area (Å²) in [7, 11) is 0. The van der Waals surface area contributed by atoms with Gasteiger partial charge >= 0.3 is 5.97 Å². The third kappa shape index (κ3) is 3.12. The van der Waals surface area contributed by atoms with E-state index in [1.54, 1.807) is 12.2 Å². The van der Waals surface area contributed by atoms with Crippen molar-refractivity contribution < 1.29 is 23.9 Å². The number of hydrogen-bond acceptors (Lipinski definition) is 5. The SMILES string of the molecule is CCCCOC(=O)C(=O)[C@H]1CC[C@H]2[C@@H]3CCC4=CC(=O)C=C[C@]4(C)[C@H]3C(=O)C[C@]12C. The summed E-state index contributed by atoms with van der Waals surface area (Å²) >= 11 is 0. The van der Waals surface area contributed by atoms with Gasteiger partial charge in [-0.15, -0.1) is 0 Å². The van der Waals surface area contributed by atoms with Crippen molar-refractivity contribution in [1.82, 2.24) is 0 Å². The number of fused-ring (bicyclic) bond motifs is 5. The highest BCUT2D eigenvalue weighted by Crippen LogP contribution is 2.65. The fourth-order valence-corrected chi connectivity index (χ4v) is 6.98. The van der Waals surface area contributed by atoms with Crippen molar-refractivity contribution in [1.29, 1.82) is 0 Å². The number of esters is 1. The normalized spacial score (nSPS) is 39.6. The average Bonchev–Trinajstić information content (AvgIpc) is 3.04. The van der Waals surface area contributed by atoms with Gasteiger partial charge in [-0.25, -0.2) is 4.79 Å². The Morgan fingerprint density at radius 1 is 1.17 bits per heavy atom. The quantitative estimate of drug-likeness (QED) is 0.387. The lowest BCUT2D eigenvalue weighted by molar-refractivity contribution is -0.160. The molecule has 0 aromatic carbocycles. The third-order valence-corrected chi connectivity index (χ3v) is 8.50. The second kappa shape index (κ2) is 7.58. The monoisotopic (exact) mass is 412 g/mol. The predicted molar refractivity (Wildman–Crippen MR) is 111 cm³/mol. The van der Waals surface area contributed by atoms with Gasteiger partial charge in [-0.1, -0.05) is 38.8 Å². The van der Waals surface area contributed by atoms with Gasteiger partial charge in [-0.3, -0.25) is 14.4 Å². The van der Waals surface area contributed by atoms with Crippen LogP contribution < -0.4 is 0 Å². The number of carbonyl (C=O) groups excluding carboxylic acids is 4. The van der Waals surface area contributed by atoms with Crippen LogP contribution in [0.5, 0.6) is 0 Å². The van der Waals surface area contributed by atoms with Crippen LogP contribution in [-0.4, -0.2) is 29.9 Å². The first kappa shape index (κ1) is 21.2. The van der Waals surface area contributed by atoms with Crippen molar-refractivity contribution in [3.8, 4) is 0 Å². The van der Waals surface area contributed by atoms with Crippen molar-refractivity contribution >= 4 is 23.3 Å². The molecule has 0 bridgehead atoms. The molecule has 0 amide bonds. The van der Waals surface area contributed by atoms with E-state index < -0.39 is 28.5 Å². The molecule has 5 nitrogen and oxygen atoms in total. The summed E-state index contributed by atoms with van der Waals surface area (Å²) in [6.45, 7) is 6.40. The van der Waals surface area contributed by atoms with Gasteiger partial charge in [-0.05, 0) is 61.5 Å². The van der Waals surface area contributed by atoms with E-state index >= 15 is 0 Å². The Balaban J connectivity index is 1.58. The molecule has 0 heterocycles. The molecule has 0 N–H and O–H groups in total. The summed E-state index contributed by atoms with van der Waals surface area (Å²) in [4.78, 5) is 50.7. The second-order valence-corrected chi connectivity index (χ2v) is 10.1. The molecule has 3 fully saturated rings. The summed E-state index contributed by atoms with van der Waals surface area (Å²) in [6.07, 6.45) is 10.4. The van der Waals surface area contributed by atoms with E-state index in [0.717, 1.165) is 37.7 Å². The van der Waals surface area contributed by atoms with Crippen molar-refractivity contribution in [3.05, 3.63) is 23.8 Å². The summed E-state index contributed by atoms with van der Waals surface area (Å²) < 4.78 is 5.19. The molecule has 0 aliphatic heterocycles. The largest absolute Gasteiger partial charge is 0.460 e. The number of Topliss-reactive ketones (excluding diaryl/α,β-unsaturated/α-hetero) is 2. The van der Waals surface area contributed by atoms with Gasteiger partial charge in [0.1, 0.15) is 5.78 Å². The van der Waals surface area contributed by atoms with Crippen molar-refractivity contribution in [2.45, 2.75) is 65.7 Å². The van der Waals surface area contributed by atoms with Crippen LogP contribution in [0.1, 0.15) is 65.7 Å². The first-order valence-electron chi connectivity index (χ1n) is 11.4. The maximum absolute atomic E-state index is 13.5. The molecule has 162 valence electrons. The van der Waals surface area contributed by atoms with Gasteiger partial charge in [0.25, 0.3) is 0 Å². The zero-order valence-corrected chi connectivity index (χ0v) is 18.2. The molecule has 30 heavy (non-hydrogen) atoms. The molecule has 4 aliphatic rings. The third-order valence-electron chi connectivity index (χ3n) is 8.50. The van der Waals surface area contributed by atoms with Gasteiger partial charge in [0.15, 0.2) is 5.78 Å². The van der Waals surface area contributed by atoms with Crippen LogP contribution in [0.25, 0.3) is 0 Å². The van der Waals surface area contributed by atoms with Crippen LogP contribution in [-0.2, 0) is 23.9 Å². The Kier molecular flexibility index (Phi) is 5.36. The maximum atomic E-state index is 13.5. The highest BCUT2D eigenvalue weighted by Gasteiger charge is 2.63. The van der Waals surface area contributed by atoms with Crippen molar-refractivity contribution in [2.75, 3.05) is 6.61 Å². The lowest BCUT2D eigenvalue weighted by atomic mass is 9.47. The smallest absolute Gasteiger partial charge is 0.374 e. The fourth-order valence-electron chi connectivity index (χ4n) is 6.98. The van der Waals surface area contributed by atoms with E-state index in [1.165, 1.54) is 0 Å². The summed E-state index contributed by atoms with van der Waals surface area (Å²) in [5.41, 5.74) is 0.180. The van der Waals surface area contributed by atoms with E-state index in [2.05, 4.69) is 6.92 Å². The summed E-state index contributed by atoms with van der Waals surface area (Å²) in [5.74, 6) is -1.17. The molecule has 6 atom stereocenters. The van der Waals surface area contributed by atoms with Gasteiger partial charge in [0.05, 0.1) is 6.61 Å². The molecule has 0 saturated heterocycles. The molecule has 0 unspecified atom stereocenters. The maximum Gasteiger partial charge on any atom is 0.374 e. The molecular formula is C25H32O5. The lowest BCUT2D eigenvalue weighted by Gasteiger charge is -2.55. The van der Waals surface area contributed by atoms with E-state index in [4.69, 9.17) is 4.74 Å². The Hall–Kier alpha value is -2.04. The van der Waals surface area contributed by atoms with Gasteiger partial charge in [-0.2, -0.15) is 0 Å². The first-order chi connectivity index (χ1) is 14.2. The number of rotatable bonds is 5. The van der Waals surface area contributed by atoms with Crippen LogP contribution in [0.4, 0.5) is 0 Å². The van der Waals surface area contributed by atoms with Crippen LogP contribution in [0.15, 0.2) is 23.8 Å².